The number of thiazole rings is 1. The molecule has 20 heavy (non-hydrogen) atoms. The van der Waals surface area contributed by atoms with Gasteiger partial charge in [0, 0.05) is 18.5 Å². The molecule has 1 heterocycles. The van der Waals surface area contributed by atoms with Gasteiger partial charge < -0.3 is 10.1 Å². The van der Waals surface area contributed by atoms with E-state index in [1.54, 1.807) is 12.0 Å². The van der Waals surface area contributed by atoms with Crippen LogP contribution in [0, 0.1) is 5.92 Å². The van der Waals surface area contributed by atoms with E-state index in [2.05, 4.69) is 5.32 Å². The number of aromatic nitrogens is 1. The molecular weight excluding hydrogens is 268 g/mol. The molecule has 3 nitrogen and oxygen atoms in total. The molecule has 1 atom stereocenters. The van der Waals surface area contributed by atoms with Crippen molar-refractivity contribution in [2.24, 2.45) is 5.92 Å². The van der Waals surface area contributed by atoms with E-state index in [1.165, 1.54) is 62.1 Å². The Hall–Kier alpha value is -0.450. The molecule has 2 aliphatic carbocycles. The van der Waals surface area contributed by atoms with Crippen molar-refractivity contribution in [3.8, 4) is 0 Å². The Balaban J connectivity index is 1.74. The van der Waals surface area contributed by atoms with Crippen molar-refractivity contribution < 1.29 is 4.74 Å². The van der Waals surface area contributed by atoms with E-state index in [9.17, 15) is 0 Å². The first-order chi connectivity index (χ1) is 9.88. The maximum Gasteiger partial charge on any atom is 0.110 e. The fraction of sp³-hybridized carbons (Fsp3) is 0.812. The standard InChI is InChI=1S/C16H26N2OS/c1-19-11-10-17-15(12-6-2-3-7-12)16-18-13-8-4-5-9-14(13)20-16/h12,15,17H,2-11H2,1H3. The zero-order valence-electron chi connectivity index (χ0n) is 12.5. The second kappa shape index (κ2) is 7.01. The largest absolute Gasteiger partial charge is 0.383 e. The number of rotatable bonds is 6. The van der Waals surface area contributed by atoms with Gasteiger partial charge in [-0.15, -0.1) is 11.3 Å². The summed E-state index contributed by atoms with van der Waals surface area (Å²) < 4.78 is 5.19. The molecule has 0 aliphatic heterocycles. The van der Waals surface area contributed by atoms with Crippen molar-refractivity contribution >= 4 is 11.3 Å². The Bertz CT molecular complexity index is 403. The molecule has 0 amide bonds. The second-order valence-corrected chi connectivity index (χ2v) is 7.21. The van der Waals surface area contributed by atoms with Gasteiger partial charge in [-0.05, 0) is 44.4 Å². The van der Waals surface area contributed by atoms with Gasteiger partial charge in [0.15, 0.2) is 0 Å². The van der Waals surface area contributed by atoms with E-state index >= 15 is 0 Å². The normalized spacial score (nSPS) is 21.1. The summed E-state index contributed by atoms with van der Waals surface area (Å²) >= 11 is 1.97. The van der Waals surface area contributed by atoms with Crippen molar-refractivity contribution in [3.05, 3.63) is 15.6 Å². The molecular formula is C16H26N2OS. The molecule has 1 aromatic rings. The van der Waals surface area contributed by atoms with Crippen molar-refractivity contribution in [2.45, 2.75) is 57.4 Å². The molecule has 1 unspecified atom stereocenters. The van der Waals surface area contributed by atoms with Crippen LogP contribution in [0.4, 0.5) is 0 Å². The van der Waals surface area contributed by atoms with Crippen LogP contribution in [0.2, 0.25) is 0 Å². The first-order valence-corrected chi connectivity index (χ1v) is 8.91. The SMILES string of the molecule is COCCNC(c1nc2c(s1)CCCC2)C1CCCC1. The van der Waals surface area contributed by atoms with Crippen LogP contribution in [0.5, 0.6) is 0 Å². The Kier molecular flexibility index (Phi) is 5.08. The van der Waals surface area contributed by atoms with Gasteiger partial charge in [-0.3, -0.25) is 0 Å². The van der Waals surface area contributed by atoms with Gasteiger partial charge in [0.25, 0.3) is 0 Å². The first kappa shape index (κ1) is 14.5. The molecule has 0 radical (unpaired) electrons. The Morgan fingerprint density at radius 1 is 1.25 bits per heavy atom. The Morgan fingerprint density at radius 3 is 2.80 bits per heavy atom. The van der Waals surface area contributed by atoms with Crippen LogP contribution >= 0.6 is 11.3 Å². The highest BCUT2D eigenvalue weighted by Crippen LogP contribution is 2.39. The summed E-state index contributed by atoms with van der Waals surface area (Å²) in [4.78, 5) is 6.55. The van der Waals surface area contributed by atoms with Crippen molar-refractivity contribution in [2.75, 3.05) is 20.3 Å². The summed E-state index contributed by atoms with van der Waals surface area (Å²) in [6.45, 7) is 1.72. The predicted molar refractivity (Wildman–Crippen MR) is 83.3 cm³/mol. The number of aryl methyl sites for hydroxylation is 2. The number of nitrogens with one attached hydrogen (secondary N) is 1. The number of fused-ring (bicyclic) bond motifs is 1. The molecule has 3 rings (SSSR count). The minimum absolute atomic E-state index is 0.461. The lowest BCUT2D eigenvalue weighted by molar-refractivity contribution is 0.190. The van der Waals surface area contributed by atoms with E-state index in [0.717, 1.165) is 19.1 Å². The van der Waals surface area contributed by atoms with Crippen LogP contribution in [0.1, 0.15) is 60.1 Å². The fourth-order valence-corrected chi connectivity index (χ4v) is 4.89. The third-order valence-corrected chi connectivity index (χ3v) is 5.91. The number of methoxy groups -OCH3 is 1. The zero-order chi connectivity index (χ0) is 13.8. The molecule has 4 heteroatoms. The van der Waals surface area contributed by atoms with Crippen LogP contribution < -0.4 is 5.32 Å². The topological polar surface area (TPSA) is 34.1 Å². The Morgan fingerprint density at radius 2 is 2.05 bits per heavy atom. The highest BCUT2D eigenvalue weighted by Gasteiger charge is 2.29. The Labute approximate surface area is 126 Å². The van der Waals surface area contributed by atoms with Gasteiger partial charge in [0.1, 0.15) is 5.01 Å². The monoisotopic (exact) mass is 294 g/mol. The summed E-state index contributed by atoms with van der Waals surface area (Å²) in [5, 5.41) is 5.06. The van der Waals surface area contributed by atoms with Gasteiger partial charge in [-0.1, -0.05) is 12.8 Å². The lowest BCUT2D eigenvalue weighted by Crippen LogP contribution is -2.29. The molecule has 1 aromatic heterocycles. The van der Waals surface area contributed by atoms with E-state index in [1.807, 2.05) is 11.3 Å². The van der Waals surface area contributed by atoms with Gasteiger partial charge in [0.2, 0.25) is 0 Å². The molecule has 1 saturated carbocycles. The summed E-state index contributed by atoms with van der Waals surface area (Å²) in [6.07, 6.45) is 10.6. The van der Waals surface area contributed by atoms with Crippen LogP contribution in [0.25, 0.3) is 0 Å². The molecule has 0 saturated heterocycles. The number of hydrogen-bond donors (Lipinski definition) is 1. The van der Waals surface area contributed by atoms with Gasteiger partial charge >= 0.3 is 0 Å². The quantitative estimate of drug-likeness (QED) is 0.816. The van der Waals surface area contributed by atoms with Crippen LogP contribution in [-0.2, 0) is 17.6 Å². The number of ether oxygens (including phenoxy) is 1. The van der Waals surface area contributed by atoms with E-state index in [0.29, 0.717) is 6.04 Å². The van der Waals surface area contributed by atoms with Gasteiger partial charge in [-0.2, -0.15) is 0 Å². The smallest absolute Gasteiger partial charge is 0.110 e. The summed E-state index contributed by atoms with van der Waals surface area (Å²) in [5.74, 6) is 0.777. The maximum atomic E-state index is 5.19. The minimum atomic E-state index is 0.461. The second-order valence-electron chi connectivity index (χ2n) is 6.10. The zero-order valence-corrected chi connectivity index (χ0v) is 13.3. The molecule has 0 bridgehead atoms. The molecule has 1 fully saturated rings. The van der Waals surface area contributed by atoms with Crippen molar-refractivity contribution in [3.63, 3.8) is 0 Å². The molecule has 0 spiro atoms. The van der Waals surface area contributed by atoms with Gasteiger partial charge in [-0.25, -0.2) is 4.98 Å². The molecule has 2 aliphatic rings. The molecule has 0 aromatic carbocycles. The predicted octanol–water partition coefficient (Wildman–Crippen LogP) is 3.49. The summed E-state index contributed by atoms with van der Waals surface area (Å²) in [7, 11) is 1.77. The van der Waals surface area contributed by atoms with Crippen LogP contribution in [0.3, 0.4) is 0 Å². The number of hydrogen-bond acceptors (Lipinski definition) is 4. The van der Waals surface area contributed by atoms with Crippen LogP contribution in [0.15, 0.2) is 0 Å². The molecule has 1 N–H and O–H groups in total. The highest BCUT2D eigenvalue weighted by molar-refractivity contribution is 7.11. The summed E-state index contributed by atoms with van der Waals surface area (Å²) in [6, 6.07) is 0.461. The summed E-state index contributed by atoms with van der Waals surface area (Å²) in [5.41, 5.74) is 1.40. The van der Waals surface area contributed by atoms with Crippen LogP contribution in [-0.4, -0.2) is 25.2 Å². The van der Waals surface area contributed by atoms with Crippen molar-refractivity contribution in [1.29, 1.82) is 0 Å². The third-order valence-electron chi connectivity index (χ3n) is 4.67. The van der Waals surface area contributed by atoms with E-state index < -0.39 is 0 Å². The van der Waals surface area contributed by atoms with E-state index in [-0.39, 0.29) is 0 Å². The van der Waals surface area contributed by atoms with Gasteiger partial charge in [0.05, 0.1) is 18.3 Å². The number of nitrogens with zero attached hydrogens (tertiary/aromatic N) is 1. The third kappa shape index (κ3) is 3.23. The first-order valence-electron chi connectivity index (χ1n) is 8.09. The average Bonchev–Trinajstić information content (AvgIpc) is 3.12. The fourth-order valence-electron chi connectivity index (χ4n) is 3.57. The minimum Gasteiger partial charge on any atom is -0.383 e. The highest BCUT2D eigenvalue weighted by atomic mass is 32.1. The average molecular weight is 294 g/mol. The lowest BCUT2D eigenvalue weighted by Gasteiger charge is -2.22. The lowest BCUT2D eigenvalue weighted by atomic mass is 9.98. The van der Waals surface area contributed by atoms with Crippen molar-refractivity contribution in [1.82, 2.24) is 10.3 Å². The van der Waals surface area contributed by atoms with E-state index in [4.69, 9.17) is 9.72 Å². The molecule has 112 valence electrons. The maximum absolute atomic E-state index is 5.19.